The zero-order valence-corrected chi connectivity index (χ0v) is 9.28. The van der Waals surface area contributed by atoms with Crippen LogP contribution in [0.5, 0.6) is 0 Å². The van der Waals surface area contributed by atoms with Gasteiger partial charge in [0.15, 0.2) is 0 Å². The van der Waals surface area contributed by atoms with Crippen molar-refractivity contribution in [1.82, 2.24) is 9.80 Å². The Bertz CT molecular complexity index is 181. The van der Waals surface area contributed by atoms with Crippen LogP contribution in [-0.4, -0.2) is 55.6 Å². The quantitative estimate of drug-likeness (QED) is 0.694. The van der Waals surface area contributed by atoms with Crippen molar-refractivity contribution in [2.45, 2.75) is 25.3 Å². The molecule has 0 amide bonds. The molecule has 0 saturated carbocycles. The average Bonchev–Trinajstić information content (AvgIpc) is 2.19. The minimum atomic E-state index is 0.797. The summed E-state index contributed by atoms with van der Waals surface area (Å²) in [6.07, 6.45) is 3.99. The van der Waals surface area contributed by atoms with Gasteiger partial charge in [0.25, 0.3) is 0 Å². The van der Waals surface area contributed by atoms with Gasteiger partial charge in [0.05, 0.1) is 0 Å². The van der Waals surface area contributed by atoms with E-state index in [0.717, 1.165) is 18.5 Å². The normalized spacial score (nSPS) is 35.6. The van der Waals surface area contributed by atoms with E-state index in [1.165, 1.54) is 45.4 Å². The fourth-order valence-corrected chi connectivity index (χ4v) is 3.02. The van der Waals surface area contributed by atoms with Crippen LogP contribution < -0.4 is 5.73 Å². The first kappa shape index (κ1) is 10.4. The lowest BCUT2D eigenvalue weighted by atomic mass is 9.85. The smallest absolute Gasteiger partial charge is 0.0252 e. The Morgan fingerprint density at radius 3 is 2.93 bits per heavy atom. The van der Waals surface area contributed by atoms with Gasteiger partial charge < -0.3 is 10.6 Å². The monoisotopic (exact) mass is 197 g/mol. The van der Waals surface area contributed by atoms with Crippen molar-refractivity contribution in [3.8, 4) is 0 Å². The second-order valence-corrected chi connectivity index (χ2v) is 4.85. The second kappa shape index (κ2) is 4.60. The number of nitrogens with two attached hydrogens (primary N) is 1. The lowest BCUT2D eigenvalue weighted by molar-refractivity contribution is 0.0219. The predicted octanol–water partition coefficient (Wildman–Crippen LogP) is 0.361. The minimum Gasteiger partial charge on any atom is -0.330 e. The molecule has 0 aromatic carbocycles. The molecule has 0 radical (unpaired) electrons. The molecule has 14 heavy (non-hydrogen) atoms. The highest BCUT2D eigenvalue weighted by atomic mass is 15.3. The molecule has 82 valence electrons. The van der Waals surface area contributed by atoms with Crippen LogP contribution in [0, 0.1) is 5.92 Å². The van der Waals surface area contributed by atoms with Crippen LogP contribution in [0.15, 0.2) is 0 Å². The van der Waals surface area contributed by atoms with E-state index < -0.39 is 0 Å². The molecule has 2 atom stereocenters. The summed E-state index contributed by atoms with van der Waals surface area (Å²) < 4.78 is 0. The first-order chi connectivity index (χ1) is 6.81. The molecule has 2 N–H and O–H groups in total. The topological polar surface area (TPSA) is 32.5 Å². The fraction of sp³-hybridized carbons (Fsp3) is 1.00. The second-order valence-electron chi connectivity index (χ2n) is 4.85. The molecule has 0 aromatic heterocycles. The van der Waals surface area contributed by atoms with E-state index >= 15 is 0 Å². The average molecular weight is 197 g/mol. The molecule has 2 fully saturated rings. The van der Waals surface area contributed by atoms with Gasteiger partial charge in [-0.05, 0) is 45.3 Å². The summed E-state index contributed by atoms with van der Waals surface area (Å²) in [4.78, 5) is 5.15. The maximum Gasteiger partial charge on any atom is 0.0252 e. The van der Waals surface area contributed by atoms with E-state index in [1.807, 2.05) is 0 Å². The van der Waals surface area contributed by atoms with Crippen molar-refractivity contribution in [2.24, 2.45) is 11.7 Å². The van der Waals surface area contributed by atoms with Crippen LogP contribution in [0.2, 0.25) is 0 Å². The lowest BCUT2D eigenvalue weighted by Gasteiger charge is -2.47. The minimum absolute atomic E-state index is 0.797. The van der Waals surface area contributed by atoms with Crippen molar-refractivity contribution in [3.63, 3.8) is 0 Å². The summed E-state index contributed by atoms with van der Waals surface area (Å²) in [5.41, 5.74) is 5.68. The maximum atomic E-state index is 5.68. The van der Waals surface area contributed by atoms with Crippen molar-refractivity contribution >= 4 is 0 Å². The highest BCUT2D eigenvalue weighted by Crippen LogP contribution is 2.28. The van der Waals surface area contributed by atoms with Gasteiger partial charge in [0.1, 0.15) is 0 Å². The van der Waals surface area contributed by atoms with Gasteiger partial charge in [-0.25, -0.2) is 0 Å². The summed E-state index contributed by atoms with van der Waals surface area (Å²) in [6.45, 7) is 5.94. The molecule has 2 heterocycles. The molecular formula is C11H23N3. The van der Waals surface area contributed by atoms with Gasteiger partial charge in [-0.3, -0.25) is 4.90 Å². The van der Waals surface area contributed by atoms with Crippen LogP contribution in [-0.2, 0) is 0 Å². The summed E-state index contributed by atoms with van der Waals surface area (Å²) >= 11 is 0. The van der Waals surface area contributed by atoms with Gasteiger partial charge in [-0.2, -0.15) is 0 Å². The van der Waals surface area contributed by atoms with E-state index in [-0.39, 0.29) is 0 Å². The Morgan fingerprint density at radius 2 is 2.14 bits per heavy atom. The van der Waals surface area contributed by atoms with E-state index in [1.54, 1.807) is 0 Å². The Hall–Kier alpha value is -0.120. The van der Waals surface area contributed by atoms with Crippen LogP contribution in [0.4, 0.5) is 0 Å². The third-order valence-electron chi connectivity index (χ3n) is 3.84. The van der Waals surface area contributed by atoms with Crippen molar-refractivity contribution in [1.29, 1.82) is 0 Å². The molecule has 2 unspecified atom stereocenters. The zero-order chi connectivity index (χ0) is 9.97. The van der Waals surface area contributed by atoms with Gasteiger partial charge >= 0.3 is 0 Å². The van der Waals surface area contributed by atoms with E-state index in [0.29, 0.717) is 0 Å². The molecule has 0 spiro atoms. The molecule has 3 nitrogen and oxygen atoms in total. The molecule has 2 saturated heterocycles. The number of fused-ring (bicyclic) bond motifs is 1. The Balaban J connectivity index is 1.97. The van der Waals surface area contributed by atoms with Crippen molar-refractivity contribution in [3.05, 3.63) is 0 Å². The number of piperidine rings is 1. The molecule has 2 rings (SSSR count). The number of rotatable bonds is 2. The third kappa shape index (κ3) is 2.10. The van der Waals surface area contributed by atoms with Gasteiger partial charge in [0.2, 0.25) is 0 Å². The fourth-order valence-electron chi connectivity index (χ4n) is 3.02. The van der Waals surface area contributed by atoms with Crippen molar-refractivity contribution < 1.29 is 0 Å². The van der Waals surface area contributed by atoms with Crippen LogP contribution in [0.1, 0.15) is 19.3 Å². The summed E-state index contributed by atoms with van der Waals surface area (Å²) in [5.74, 6) is 0.858. The molecule has 2 aliphatic heterocycles. The molecule has 3 heteroatoms. The van der Waals surface area contributed by atoms with Gasteiger partial charge in [-0.1, -0.05) is 0 Å². The summed E-state index contributed by atoms with van der Waals surface area (Å²) in [6, 6.07) is 0.797. The lowest BCUT2D eigenvalue weighted by Crippen LogP contribution is -2.57. The molecular weight excluding hydrogens is 174 g/mol. The Kier molecular flexibility index (Phi) is 3.42. The van der Waals surface area contributed by atoms with Gasteiger partial charge in [-0.15, -0.1) is 0 Å². The maximum absolute atomic E-state index is 5.68. The number of hydrogen-bond acceptors (Lipinski definition) is 3. The van der Waals surface area contributed by atoms with E-state index in [4.69, 9.17) is 5.73 Å². The standard InChI is InChI=1S/C11H23N3/c1-13-7-8-14-6-2-3-10(4-5-12)11(14)9-13/h10-11H,2-9,12H2,1H3. The van der Waals surface area contributed by atoms with Crippen molar-refractivity contribution in [2.75, 3.05) is 39.8 Å². The highest BCUT2D eigenvalue weighted by Gasteiger charge is 2.33. The van der Waals surface area contributed by atoms with E-state index in [9.17, 15) is 0 Å². The molecule has 0 aromatic rings. The zero-order valence-electron chi connectivity index (χ0n) is 9.28. The predicted molar refractivity (Wildman–Crippen MR) is 59.3 cm³/mol. The first-order valence-corrected chi connectivity index (χ1v) is 5.94. The summed E-state index contributed by atoms with van der Waals surface area (Å²) in [5, 5.41) is 0. The van der Waals surface area contributed by atoms with Gasteiger partial charge in [0, 0.05) is 25.7 Å². The molecule has 0 bridgehead atoms. The third-order valence-corrected chi connectivity index (χ3v) is 3.84. The van der Waals surface area contributed by atoms with E-state index in [2.05, 4.69) is 16.8 Å². The number of piperazine rings is 1. The SMILES string of the molecule is CN1CCN2CCCC(CCN)C2C1. The molecule has 0 aliphatic carbocycles. The summed E-state index contributed by atoms with van der Waals surface area (Å²) in [7, 11) is 2.24. The first-order valence-electron chi connectivity index (χ1n) is 5.94. The Morgan fingerprint density at radius 1 is 1.29 bits per heavy atom. The Labute approximate surface area is 87.2 Å². The molecule has 2 aliphatic rings. The number of hydrogen-bond donors (Lipinski definition) is 1. The highest BCUT2D eigenvalue weighted by molar-refractivity contribution is 4.89. The largest absolute Gasteiger partial charge is 0.330 e. The van der Waals surface area contributed by atoms with Crippen LogP contribution in [0.3, 0.4) is 0 Å². The number of nitrogens with zero attached hydrogens (tertiary/aromatic N) is 2. The van der Waals surface area contributed by atoms with Crippen LogP contribution >= 0.6 is 0 Å². The van der Waals surface area contributed by atoms with Crippen LogP contribution in [0.25, 0.3) is 0 Å². The number of likely N-dealkylation sites (N-methyl/N-ethyl adjacent to an activating group) is 1.